The van der Waals surface area contributed by atoms with Crippen molar-refractivity contribution >= 4 is 11.9 Å². The van der Waals surface area contributed by atoms with Crippen LogP contribution in [0.4, 0.5) is 0 Å². The quantitative estimate of drug-likeness (QED) is 0.581. The van der Waals surface area contributed by atoms with Crippen molar-refractivity contribution in [1.82, 2.24) is 0 Å². The molecule has 0 bridgehead atoms. The molecular weight excluding hydrogens is 280 g/mol. The molecule has 0 aromatic carbocycles. The Labute approximate surface area is 134 Å². The van der Waals surface area contributed by atoms with Crippen LogP contribution in [-0.2, 0) is 19.1 Å². The van der Waals surface area contributed by atoms with Gasteiger partial charge in [0.1, 0.15) is 12.2 Å². The highest BCUT2D eigenvalue weighted by Crippen LogP contribution is 2.21. The minimum atomic E-state index is -0.0845. The first-order chi connectivity index (χ1) is 10.4. The second-order valence-corrected chi connectivity index (χ2v) is 6.65. The molecular formula is C18H30O4. The summed E-state index contributed by atoms with van der Waals surface area (Å²) in [6, 6.07) is 0. The number of rotatable bonds is 4. The van der Waals surface area contributed by atoms with Gasteiger partial charge in [-0.15, -0.1) is 0 Å². The molecule has 22 heavy (non-hydrogen) atoms. The predicted octanol–water partition coefficient (Wildman–Crippen LogP) is 4.03. The molecule has 0 N–H and O–H groups in total. The molecule has 0 atom stereocenters. The lowest BCUT2D eigenvalue weighted by Gasteiger charge is -2.12. The molecule has 126 valence electrons. The molecule has 0 amide bonds. The van der Waals surface area contributed by atoms with Crippen LogP contribution < -0.4 is 0 Å². The highest BCUT2D eigenvalue weighted by atomic mass is 16.5. The van der Waals surface area contributed by atoms with E-state index in [0.717, 1.165) is 25.7 Å². The van der Waals surface area contributed by atoms with E-state index in [1.165, 1.54) is 12.8 Å². The van der Waals surface area contributed by atoms with Gasteiger partial charge in [-0.1, -0.05) is 39.8 Å². The normalized spacial score (nSPS) is 18.5. The van der Waals surface area contributed by atoms with Gasteiger partial charge in [-0.05, 0) is 25.7 Å². The van der Waals surface area contributed by atoms with E-state index in [9.17, 15) is 9.59 Å². The Hall–Kier alpha value is -1.32. The highest BCUT2D eigenvalue weighted by molar-refractivity contribution is 5.72. The van der Waals surface area contributed by atoms with Gasteiger partial charge in [0.25, 0.3) is 0 Å². The molecule has 0 radical (unpaired) electrons. The zero-order chi connectivity index (χ0) is 16.5. The SMILES string of the molecule is CC(C)C(=O)OC1CC=CC1.CC(C)C(=O)OC1CCCC1. The van der Waals surface area contributed by atoms with Crippen LogP contribution in [0.2, 0.25) is 0 Å². The summed E-state index contributed by atoms with van der Waals surface area (Å²) in [7, 11) is 0. The van der Waals surface area contributed by atoms with Crippen molar-refractivity contribution in [2.45, 2.75) is 78.4 Å². The molecule has 0 saturated heterocycles. The molecule has 0 heterocycles. The van der Waals surface area contributed by atoms with E-state index in [-0.39, 0.29) is 36.0 Å². The summed E-state index contributed by atoms with van der Waals surface area (Å²) < 4.78 is 10.4. The third-order valence-corrected chi connectivity index (χ3v) is 3.78. The Morgan fingerprint density at radius 2 is 1.23 bits per heavy atom. The molecule has 0 unspecified atom stereocenters. The van der Waals surface area contributed by atoms with Gasteiger partial charge >= 0.3 is 11.9 Å². The number of carbonyl (C=O) groups is 2. The molecule has 4 nitrogen and oxygen atoms in total. The van der Waals surface area contributed by atoms with Crippen LogP contribution in [0.3, 0.4) is 0 Å². The molecule has 2 aliphatic rings. The van der Waals surface area contributed by atoms with E-state index in [1.54, 1.807) is 0 Å². The fourth-order valence-electron chi connectivity index (χ4n) is 2.30. The van der Waals surface area contributed by atoms with Crippen molar-refractivity contribution < 1.29 is 19.1 Å². The Balaban J connectivity index is 0.000000220. The van der Waals surface area contributed by atoms with Crippen molar-refractivity contribution in [3.63, 3.8) is 0 Å². The Kier molecular flexibility index (Phi) is 8.21. The summed E-state index contributed by atoms with van der Waals surface area (Å²) in [6.45, 7) is 7.45. The van der Waals surface area contributed by atoms with E-state index in [0.29, 0.717) is 0 Å². The van der Waals surface area contributed by atoms with Gasteiger partial charge in [-0.25, -0.2) is 0 Å². The number of hydrogen-bond acceptors (Lipinski definition) is 4. The number of ether oxygens (including phenoxy) is 2. The van der Waals surface area contributed by atoms with Crippen LogP contribution in [0.1, 0.15) is 66.2 Å². The first-order valence-corrected chi connectivity index (χ1v) is 8.46. The summed E-state index contributed by atoms with van der Waals surface area (Å²) in [5.41, 5.74) is 0. The van der Waals surface area contributed by atoms with Gasteiger partial charge in [0.15, 0.2) is 0 Å². The lowest BCUT2D eigenvalue weighted by atomic mass is 10.2. The topological polar surface area (TPSA) is 52.6 Å². The molecule has 0 spiro atoms. The van der Waals surface area contributed by atoms with E-state index in [4.69, 9.17) is 9.47 Å². The molecule has 2 rings (SSSR count). The molecule has 0 aromatic heterocycles. The summed E-state index contributed by atoms with van der Waals surface area (Å²) >= 11 is 0. The molecule has 2 aliphatic carbocycles. The molecule has 0 aromatic rings. The Morgan fingerprint density at radius 3 is 1.64 bits per heavy atom. The lowest BCUT2D eigenvalue weighted by Crippen LogP contribution is -2.19. The molecule has 4 heteroatoms. The van der Waals surface area contributed by atoms with Crippen LogP contribution >= 0.6 is 0 Å². The van der Waals surface area contributed by atoms with Crippen molar-refractivity contribution in [2.75, 3.05) is 0 Å². The van der Waals surface area contributed by atoms with Crippen molar-refractivity contribution in [1.29, 1.82) is 0 Å². The van der Waals surface area contributed by atoms with Crippen LogP contribution in [0.15, 0.2) is 12.2 Å². The maximum atomic E-state index is 11.1. The number of esters is 2. The van der Waals surface area contributed by atoms with Crippen LogP contribution in [0.25, 0.3) is 0 Å². The average Bonchev–Trinajstić information content (AvgIpc) is 3.12. The molecule has 1 fully saturated rings. The standard InChI is InChI=1S/C9H16O2.C9H14O2/c2*1-7(2)9(10)11-8-5-3-4-6-8/h7-8H,3-6H2,1-2H3;3-4,7-8H,5-6H2,1-2H3. The first kappa shape index (κ1) is 18.7. The largest absolute Gasteiger partial charge is 0.462 e. The lowest BCUT2D eigenvalue weighted by molar-refractivity contribution is -0.153. The second-order valence-electron chi connectivity index (χ2n) is 6.65. The van der Waals surface area contributed by atoms with Crippen LogP contribution in [-0.4, -0.2) is 24.1 Å². The monoisotopic (exact) mass is 310 g/mol. The van der Waals surface area contributed by atoms with E-state index < -0.39 is 0 Å². The minimum Gasteiger partial charge on any atom is -0.462 e. The third-order valence-electron chi connectivity index (χ3n) is 3.78. The molecule has 1 saturated carbocycles. The Morgan fingerprint density at radius 1 is 0.818 bits per heavy atom. The Bertz CT molecular complexity index is 351. The fourth-order valence-corrected chi connectivity index (χ4v) is 2.30. The van der Waals surface area contributed by atoms with Crippen LogP contribution in [0, 0.1) is 11.8 Å². The first-order valence-electron chi connectivity index (χ1n) is 8.46. The van der Waals surface area contributed by atoms with Crippen molar-refractivity contribution in [3.05, 3.63) is 12.2 Å². The van der Waals surface area contributed by atoms with Gasteiger partial charge < -0.3 is 9.47 Å². The summed E-state index contributed by atoms with van der Waals surface area (Å²) in [4.78, 5) is 22.1. The van der Waals surface area contributed by atoms with Gasteiger partial charge in [-0.3, -0.25) is 9.59 Å². The number of carbonyl (C=O) groups excluding carboxylic acids is 2. The zero-order valence-corrected chi connectivity index (χ0v) is 14.3. The highest BCUT2D eigenvalue weighted by Gasteiger charge is 2.20. The van der Waals surface area contributed by atoms with E-state index in [1.807, 2.05) is 27.7 Å². The smallest absolute Gasteiger partial charge is 0.308 e. The average molecular weight is 310 g/mol. The van der Waals surface area contributed by atoms with Gasteiger partial charge in [0.05, 0.1) is 11.8 Å². The molecule has 0 aliphatic heterocycles. The second kappa shape index (κ2) is 9.65. The zero-order valence-electron chi connectivity index (χ0n) is 14.3. The third kappa shape index (κ3) is 7.10. The summed E-state index contributed by atoms with van der Waals surface area (Å²) in [6.07, 6.45) is 10.8. The van der Waals surface area contributed by atoms with Crippen LogP contribution in [0.5, 0.6) is 0 Å². The summed E-state index contributed by atoms with van der Waals surface area (Å²) in [5, 5.41) is 0. The number of hydrogen-bond donors (Lipinski definition) is 0. The van der Waals surface area contributed by atoms with Gasteiger partial charge in [0, 0.05) is 12.8 Å². The minimum absolute atomic E-state index is 0.00407. The van der Waals surface area contributed by atoms with Gasteiger partial charge in [0.2, 0.25) is 0 Å². The summed E-state index contributed by atoms with van der Waals surface area (Å²) in [5.74, 6) is -0.109. The maximum absolute atomic E-state index is 11.1. The van der Waals surface area contributed by atoms with E-state index in [2.05, 4.69) is 12.2 Å². The van der Waals surface area contributed by atoms with Crippen molar-refractivity contribution in [3.8, 4) is 0 Å². The fraction of sp³-hybridized carbons (Fsp3) is 0.778. The van der Waals surface area contributed by atoms with Gasteiger partial charge in [-0.2, -0.15) is 0 Å². The maximum Gasteiger partial charge on any atom is 0.308 e. The van der Waals surface area contributed by atoms with E-state index >= 15 is 0 Å². The van der Waals surface area contributed by atoms with Crippen molar-refractivity contribution in [2.24, 2.45) is 11.8 Å². The predicted molar refractivity (Wildman–Crippen MR) is 86.3 cm³/mol.